The van der Waals surface area contributed by atoms with Gasteiger partial charge in [-0.25, -0.2) is 0 Å². The van der Waals surface area contributed by atoms with Crippen LogP contribution in [0, 0.1) is 0 Å². The number of aliphatic hydroxyl groups excluding tert-OH is 1. The van der Waals surface area contributed by atoms with Crippen LogP contribution < -0.4 is 5.32 Å². The predicted molar refractivity (Wildman–Crippen MR) is 61.8 cm³/mol. The Morgan fingerprint density at radius 2 is 2.27 bits per heavy atom. The summed E-state index contributed by atoms with van der Waals surface area (Å²) in [6.45, 7) is 2.50. The van der Waals surface area contributed by atoms with Gasteiger partial charge in [-0.3, -0.25) is 0 Å². The van der Waals surface area contributed by atoms with E-state index >= 15 is 0 Å². The molecule has 1 aliphatic carbocycles. The fraction of sp³-hybridized carbons (Fsp3) is 0.538. The van der Waals surface area contributed by atoms with Gasteiger partial charge in [0.1, 0.15) is 0 Å². The smallest absolute Gasteiger partial charge is 0.0636 e. The molecule has 15 heavy (non-hydrogen) atoms. The molecule has 2 N–H and O–H groups in total. The monoisotopic (exact) mass is 205 g/mol. The molecule has 2 heteroatoms. The lowest BCUT2D eigenvalue weighted by molar-refractivity contribution is 0.184. The van der Waals surface area contributed by atoms with E-state index in [1.54, 1.807) is 0 Å². The van der Waals surface area contributed by atoms with Gasteiger partial charge in [-0.05, 0) is 37.3 Å². The van der Waals surface area contributed by atoms with Gasteiger partial charge in [-0.15, -0.1) is 0 Å². The van der Waals surface area contributed by atoms with Gasteiger partial charge in [0, 0.05) is 12.6 Å². The summed E-state index contributed by atoms with van der Waals surface area (Å²) < 4.78 is 0. The van der Waals surface area contributed by atoms with Gasteiger partial charge in [0.15, 0.2) is 0 Å². The molecule has 1 aromatic carbocycles. The largest absolute Gasteiger partial charge is 0.392 e. The summed E-state index contributed by atoms with van der Waals surface area (Å²) in [5.74, 6) is 0. The molecule has 0 aliphatic heterocycles. The highest BCUT2D eigenvalue weighted by molar-refractivity contribution is 5.32. The minimum atomic E-state index is -0.265. The molecular weight excluding hydrogens is 186 g/mol. The molecule has 0 unspecified atom stereocenters. The topological polar surface area (TPSA) is 32.3 Å². The first-order valence-electron chi connectivity index (χ1n) is 5.76. The van der Waals surface area contributed by atoms with E-state index in [0.29, 0.717) is 12.6 Å². The van der Waals surface area contributed by atoms with Crippen LogP contribution in [0.4, 0.5) is 0 Å². The Kier molecular flexibility index (Phi) is 3.39. The maximum absolute atomic E-state index is 9.27. The predicted octanol–water partition coefficient (Wildman–Crippen LogP) is 2.03. The van der Waals surface area contributed by atoms with Crippen molar-refractivity contribution >= 4 is 0 Å². The number of nitrogens with one attached hydrogen (secondary N) is 1. The van der Waals surface area contributed by atoms with Gasteiger partial charge in [0.2, 0.25) is 0 Å². The number of fused-ring (bicyclic) bond motifs is 1. The van der Waals surface area contributed by atoms with Crippen molar-refractivity contribution in [3.8, 4) is 0 Å². The molecule has 2 rings (SSSR count). The molecule has 0 bridgehead atoms. The minimum Gasteiger partial charge on any atom is -0.392 e. The highest BCUT2D eigenvalue weighted by atomic mass is 16.3. The van der Waals surface area contributed by atoms with E-state index in [1.165, 1.54) is 30.4 Å². The first-order valence-corrected chi connectivity index (χ1v) is 5.76. The molecule has 0 saturated carbocycles. The Morgan fingerprint density at radius 3 is 3.07 bits per heavy atom. The highest BCUT2D eigenvalue weighted by Gasteiger charge is 2.18. The van der Waals surface area contributed by atoms with Crippen molar-refractivity contribution < 1.29 is 5.11 Å². The van der Waals surface area contributed by atoms with E-state index in [4.69, 9.17) is 0 Å². The van der Waals surface area contributed by atoms with Crippen LogP contribution in [0.15, 0.2) is 24.3 Å². The van der Waals surface area contributed by atoms with Crippen LogP contribution in [-0.2, 0) is 6.42 Å². The Hall–Kier alpha value is -0.860. The van der Waals surface area contributed by atoms with E-state index in [2.05, 4.69) is 29.6 Å². The van der Waals surface area contributed by atoms with Gasteiger partial charge in [0.25, 0.3) is 0 Å². The van der Waals surface area contributed by atoms with Crippen molar-refractivity contribution in [2.75, 3.05) is 6.54 Å². The number of aryl methyl sites for hydroxylation is 1. The maximum atomic E-state index is 9.27. The first kappa shape index (κ1) is 10.7. The second-order valence-electron chi connectivity index (χ2n) is 4.40. The third-order valence-electron chi connectivity index (χ3n) is 3.03. The van der Waals surface area contributed by atoms with Crippen molar-refractivity contribution in [3.63, 3.8) is 0 Å². The summed E-state index contributed by atoms with van der Waals surface area (Å²) in [5, 5.41) is 12.7. The van der Waals surface area contributed by atoms with Crippen LogP contribution in [0.25, 0.3) is 0 Å². The third-order valence-corrected chi connectivity index (χ3v) is 3.03. The van der Waals surface area contributed by atoms with Crippen molar-refractivity contribution in [2.45, 2.75) is 38.3 Å². The Morgan fingerprint density at radius 1 is 1.47 bits per heavy atom. The van der Waals surface area contributed by atoms with Crippen molar-refractivity contribution in [2.24, 2.45) is 0 Å². The molecule has 1 aliphatic rings. The Labute approximate surface area is 91.3 Å². The zero-order chi connectivity index (χ0) is 10.7. The molecule has 82 valence electrons. The normalized spacial score (nSPS) is 22.1. The number of rotatable bonds is 3. The Bertz CT molecular complexity index is 322. The second kappa shape index (κ2) is 4.77. The van der Waals surface area contributed by atoms with Crippen molar-refractivity contribution in [1.82, 2.24) is 5.32 Å². The molecule has 0 heterocycles. The molecule has 1 aromatic rings. The molecule has 0 fully saturated rings. The van der Waals surface area contributed by atoms with Gasteiger partial charge in [0.05, 0.1) is 6.10 Å². The van der Waals surface area contributed by atoms with E-state index in [1.807, 2.05) is 6.92 Å². The second-order valence-corrected chi connectivity index (χ2v) is 4.40. The summed E-state index contributed by atoms with van der Waals surface area (Å²) in [6, 6.07) is 9.06. The quantitative estimate of drug-likeness (QED) is 0.791. The molecule has 2 atom stereocenters. The lowest BCUT2D eigenvalue weighted by atomic mass is 9.88. The SMILES string of the molecule is C[C@@H](O)CN[C@@H]1CCCc2ccccc21. The third kappa shape index (κ3) is 2.58. The Balaban J connectivity index is 2.08. The summed E-state index contributed by atoms with van der Waals surface area (Å²) in [4.78, 5) is 0. The van der Waals surface area contributed by atoms with Crippen LogP contribution in [0.3, 0.4) is 0 Å². The van der Waals surface area contributed by atoms with Crippen LogP contribution in [0.5, 0.6) is 0 Å². The minimum absolute atomic E-state index is 0.265. The molecule has 0 aromatic heterocycles. The lowest BCUT2D eigenvalue weighted by Gasteiger charge is -2.26. The van der Waals surface area contributed by atoms with Crippen LogP contribution >= 0.6 is 0 Å². The average molecular weight is 205 g/mol. The van der Waals surface area contributed by atoms with Gasteiger partial charge >= 0.3 is 0 Å². The number of benzene rings is 1. The fourth-order valence-corrected chi connectivity index (χ4v) is 2.28. The number of hydrogen-bond acceptors (Lipinski definition) is 2. The molecular formula is C13H19NO. The van der Waals surface area contributed by atoms with Crippen LogP contribution in [-0.4, -0.2) is 17.8 Å². The summed E-state index contributed by atoms with van der Waals surface area (Å²) in [6.07, 6.45) is 3.36. The summed E-state index contributed by atoms with van der Waals surface area (Å²) >= 11 is 0. The van der Waals surface area contributed by atoms with Gasteiger partial charge < -0.3 is 10.4 Å². The number of aliphatic hydroxyl groups is 1. The van der Waals surface area contributed by atoms with Gasteiger partial charge in [-0.1, -0.05) is 24.3 Å². The summed E-state index contributed by atoms with van der Waals surface area (Å²) in [5.41, 5.74) is 2.89. The van der Waals surface area contributed by atoms with Crippen molar-refractivity contribution in [3.05, 3.63) is 35.4 Å². The first-order chi connectivity index (χ1) is 7.27. The molecule has 0 saturated heterocycles. The zero-order valence-corrected chi connectivity index (χ0v) is 9.24. The fourth-order valence-electron chi connectivity index (χ4n) is 2.28. The standard InChI is InChI=1S/C13H19NO/c1-10(15)9-14-13-8-4-6-11-5-2-3-7-12(11)13/h2-3,5,7,10,13-15H,4,6,8-9H2,1H3/t10-,13-/m1/s1. The van der Waals surface area contributed by atoms with E-state index in [9.17, 15) is 5.11 Å². The molecule has 2 nitrogen and oxygen atoms in total. The molecule has 0 amide bonds. The van der Waals surface area contributed by atoms with E-state index in [-0.39, 0.29) is 6.10 Å². The number of hydrogen-bond donors (Lipinski definition) is 2. The van der Waals surface area contributed by atoms with Gasteiger partial charge in [-0.2, -0.15) is 0 Å². The zero-order valence-electron chi connectivity index (χ0n) is 9.24. The van der Waals surface area contributed by atoms with Crippen LogP contribution in [0.1, 0.15) is 36.9 Å². The van der Waals surface area contributed by atoms with Crippen LogP contribution in [0.2, 0.25) is 0 Å². The average Bonchev–Trinajstić information content (AvgIpc) is 2.26. The molecule has 0 spiro atoms. The molecule has 0 radical (unpaired) electrons. The van der Waals surface area contributed by atoms with E-state index < -0.39 is 0 Å². The van der Waals surface area contributed by atoms with E-state index in [0.717, 1.165) is 0 Å². The maximum Gasteiger partial charge on any atom is 0.0636 e. The van der Waals surface area contributed by atoms with Crippen molar-refractivity contribution in [1.29, 1.82) is 0 Å². The highest BCUT2D eigenvalue weighted by Crippen LogP contribution is 2.29. The lowest BCUT2D eigenvalue weighted by Crippen LogP contribution is -2.30. The summed E-state index contributed by atoms with van der Waals surface area (Å²) in [7, 11) is 0.